The molecule has 1 aliphatic heterocycles. The Kier molecular flexibility index (Phi) is 7.46. The van der Waals surface area contributed by atoms with Gasteiger partial charge in [-0.25, -0.2) is 4.98 Å². The highest BCUT2D eigenvalue weighted by molar-refractivity contribution is 6.37. The lowest BCUT2D eigenvalue weighted by atomic mass is 9.99. The smallest absolute Gasteiger partial charge is 0.166 e. The van der Waals surface area contributed by atoms with Crippen molar-refractivity contribution >= 4 is 57.1 Å². The Bertz CT molecular complexity index is 1430. The number of piperazine rings is 1. The zero-order valence-electron chi connectivity index (χ0n) is 20.4. The average molecular weight is 536 g/mol. The van der Waals surface area contributed by atoms with Gasteiger partial charge in [-0.05, 0) is 53.9 Å². The number of carbonyl (C=O) groups excluding carboxylic acids is 1. The number of hydrogen-bond donors (Lipinski definition) is 3. The molecule has 1 fully saturated rings. The zero-order chi connectivity index (χ0) is 25.9. The second-order valence-corrected chi connectivity index (χ2v) is 9.82. The van der Waals surface area contributed by atoms with Crippen LogP contribution in [0.4, 0.5) is 17.2 Å². The maximum Gasteiger partial charge on any atom is 0.166 e. The van der Waals surface area contributed by atoms with Gasteiger partial charge in [0, 0.05) is 44.2 Å². The predicted molar refractivity (Wildman–Crippen MR) is 151 cm³/mol. The molecule has 0 spiro atoms. The number of phenols is 1. The van der Waals surface area contributed by atoms with E-state index in [2.05, 4.69) is 25.5 Å². The van der Waals surface area contributed by atoms with Crippen LogP contribution in [0.2, 0.25) is 10.0 Å². The Labute approximate surface area is 225 Å². The number of fused-ring (bicyclic) bond motifs is 1. The SMILES string of the molecule is CCCC(=O)c1cnc2ccc(-c3cc(Cl)c(O)c(Cl)c3)cc2c1Nc1ccc(N2CCNCC2)nc1. The fraction of sp³-hybridized carbons (Fsp3) is 0.250. The number of aromatic nitrogens is 2. The van der Waals surface area contributed by atoms with Gasteiger partial charge < -0.3 is 20.6 Å². The number of aromatic hydroxyl groups is 1. The number of phenolic OH excluding ortho intramolecular Hbond substituents is 1. The van der Waals surface area contributed by atoms with E-state index in [0.717, 1.165) is 66.1 Å². The second kappa shape index (κ2) is 10.9. The molecule has 0 saturated carbocycles. The van der Waals surface area contributed by atoms with Crippen LogP contribution in [0.5, 0.6) is 5.75 Å². The molecule has 7 nitrogen and oxygen atoms in total. The topological polar surface area (TPSA) is 90.4 Å². The monoisotopic (exact) mass is 535 g/mol. The third kappa shape index (κ3) is 5.34. The molecule has 2 aromatic heterocycles. The van der Waals surface area contributed by atoms with Crippen molar-refractivity contribution in [1.29, 1.82) is 0 Å². The van der Waals surface area contributed by atoms with Gasteiger partial charge in [0.25, 0.3) is 0 Å². The van der Waals surface area contributed by atoms with Crippen molar-refractivity contribution in [1.82, 2.24) is 15.3 Å². The van der Waals surface area contributed by atoms with Gasteiger partial charge in [-0.2, -0.15) is 0 Å². The first-order valence-electron chi connectivity index (χ1n) is 12.3. The van der Waals surface area contributed by atoms with E-state index >= 15 is 0 Å². The molecule has 0 bridgehead atoms. The Morgan fingerprint density at radius 3 is 2.46 bits per heavy atom. The van der Waals surface area contributed by atoms with E-state index in [1.54, 1.807) is 24.5 Å². The van der Waals surface area contributed by atoms with Crippen molar-refractivity contribution in [3.8, 4) is 16.9 Å². The summed E-state index contributed by atoms with van der Waals surface area (Å²) in [6, 6.07) is 13.1. The third-order valence-electron chi connectivity index (χ3n) is 6.45. The number of Topliss-reactive ketones (excluding diaryl/α,β-unsaturated/α-hetero) is 1. The molecule has 0 aliphatic carbocycles. The minimum absolute atomic E-state index is 0.0194. The van der Waals surface area contributed by atoms with Gasteiger partial charge in [-0.3, -0.25) is 9.78 Å². The number of nitrogens with zero attached hydrogens (tertiary/aromatic N) is 3. The Morgan fingerprint density at radius 2 is 1.78 bits per heavy atom. The van der Waals surface area contributed by atoms with Gasteiger partial charge in [0.2, 0.25) is 0 Å². The summed E-state index contributed by atoms with van der Waals surface area (Å²) < 4.78 is 0. The molecule has 37 heavy (non-hydrogen) atoms. The first-order valence-corrected chi connectivity index (χ1v) is 13.0. The molecule has 0 amide bonds. The summed E-state index contributed by atoms with van der Waals surface area (Å²) in [7, 11) is 0. The lowest BCUT2D eigenvalue weighted by Gasteiger charge is -2.28. The molecule has 0 atom stereocenters. The van der Waals surface area contributed by atoms with Gasteiger partial charge >= 0.3 is 0 Å². The molecule has 5 rings (SSSR count). The molecule has 1 saturated heterocycles. The molecule has 0 unspecified atom stereocenters. The highest BCUT2D eigenvalue weighted by Crippen LogP contribution is 2.38. The molecule has 1 aliphatic rings. The Morgan fingerprint density at radius 1 is 1.03 bits per heavy atom. The van der Waals surface area contributed by atoms with Crippen molar-refractivity contribution in [3.63, 3.8) is 0 Å². The van der Waals surface area contributed by atoms with Crippen LogP contribution in [0, 0.1) is 0 Å². The Hall–Kier alpha value is -3.39. The molecule has 3 N–H and O–H groups in total. The number of hydrogen-bond acceptors (Lipinski definition) is 7. The number of ketones is 1. The van der Waals surface area contributed by atoms with Crippen LogP contribution in [0.25, 0.3) is 22.0 Å². The van der Waals surface area contributed by atoms with Crippen LogP contribution in [0.1, 0.15) is 30.1 Å². The van der Waals surface area contributed by atoms with Crippen LogP contribution in [0.15, 0.2) is 54.9 Å². The van der Waals surface area contributed by atoms with Crippen molar-refractivity contribution in [3.05, 3.63) is 70.5 Å². The van der Waals surface area contributed by atoms with Gasteiger partial charge in [0.05, 0.1) is 38.7 Å². The zero-order valence-corrected chi connectivity index (χ0v) is 21.9. The van der Waals surface area contributed by atoms with Gasteiger partial charge in [-0.15, -0.1) is 0 Å². The normalized spacial score (nSPS) is 13.6. The molecule has 4 aromatic rings. The summed E-state index contributed by atoms with van der Waals surface area (Å²) in [6.07, 6.45) is 4.59. The van der Waals surface area contributed by atoms with Crippen molar-refractivity contribution in [2.45, 2.75) is 19.8 Å². The fourth-order valence-corrected chi connectivity index (χ4v) is 4.98. The molecular weight excluding hydrogens is 509 g/mol. The number of benzene rings is 2. The molecular formula is C28H27Cl2N5O2. The maximum atomic E-state index is 13.1. The van der Waals surface area contributed by atoms with Crippen molar-refractivity contribution in [2.24, 2.45) is 0 Å². The first-order chi connectivity index (χ1) is 17.9. The fourth-order valence-electron chi connectivity index (χ4n) is 4.50. The lowest BCUT2D eigenvalue weighted by Crippen LogP contribution is -2.43. The van der Waals surface area contributed by atoms with Crippen LogP contribution >= 0.6 is 23.2 Å². The molecule has 0 radical (unpaired) electrons. The van der Waals surface area contributed by atoms with E-state index in [9.17, 15) is 9.90 Å². The van der Waals surface area contributed by atoms with Gasteiger partial charge in [0.1, 0.15) is 5.82 Å². The van der Waals surface area contributed by atoms with E-state index in [0.29, 0.717) is 17.7 Å². The third-order valence-corrected chi connectivity index (χ3v) is 7.03. The number of pyridine rings is 2. The van der Waals surface area contributed by atoms with Crippen LogP contribution in [-0.4, -0.2) is 47.0 Å². The van der Waals surface area contributed by atoms with Gasteiger partial charge in [0.15, 0.2) is 11.5 Å². The first kappa shape index (κ1) is 25.3. The Balaban J connectivity index is 1.57. The highest BCUT2D eigenvalue weighted by Gasteiger charge is 2.18. The molecule has 2 aromatic carbocycles. The van der Waals surface area contributed by atoms with Crippen LogP contribution < -0.4 is 15.5 Å². The number of nitrogens with one attached hydrogen (secondary N) is 2. The molecule has 3 heterocycles. The summed E-state index contributed by atoms with van der Waals surface area (Å²) in [5.74, 6) is 0.796. The van der Waals surface area contributed by atoms with E-state index in [4.69, 9.17) is 23.2 Å². The minimum Gasteiger partial charge on any atom is -0.505 e. The summed E-state index contributed by atoms with van der Waals surface area (Å²) in [4.78, 5) is 24.5. The van der Waals surface area contributed by atoms with Crippen LogP contribution in [-0.2, 0) is 0 Å². The maximum absolute atomic E-state index is 13.1. The number of anilines is 3. The number of carbonyl (C=O) groups is 1. The quantitative estimate of drug-likeness (QED) is 0.234. The van der Waals surface area contributed by atoms with Crippen LogP contribution in [0.3, 0.4) is 0 Å². The summed E-state index contributed by atoms with van der Waals surface area (Å²) in [5, 5.41) is 17.9. The molecule has 190 valence electrons. The summed E-state index contributed by atoms with van der Waals surface area (Å²) >= 11 is 12.4. The van der Waals surface area contributed by atoms with Crippen molar-refractivity contribution < 1.29 is 9.90 Å². The lowest BCUT2D eigenvalue weighted by molar-refractivity contribution is 0.0982. The molecule has 9 heteroatoms. The average Bonchev–Trinajstić information content (AvgIpc) is 2.92. The van der Waals surface area contributed by atoms with Crippen molar-refractivity contribution in [2.75, 3.05) is 36.4 Å². The second-order valence-electron chi connectivity index (χ2n) is 9.01. The standard InChI is InChI=1S/C28H27Cl2N5O2/c1-2-3-25(36)21-16-32-24-6-4-17(18-13-22(29)28(37)23(30)14-18)12-20(24)27(21)34-19-5-7-26(33-15-19)35-10-8-31-9-11-35/h4-7,12-16,31,37H,2-3,8-11H2,1H3,(H,32,34). The van der Waals surface area contributed by atoms with E-state index in [-0.39, 0.29) is 21.6 Å². The van der Waals surface area contributed by atoms with E-state index in [1.807, 2.05) is 37.3 Å². The van der Waals surface area contributed by atoms with Gasteiger partial charge in [-0.1, -0.05) is 36.2 Å². The van der Waals surface area contributed by atoms with E-state index < -0.39 is 0 Å². The summed E-state index contributed by atoms with van der Waals surface area (Å²) in [6.45, 7) is 5.69. The predicted octanol–water partition coefficient (Wildman–Crippen LogP) is 6.45. The van der Waals surface area contributed by atoms with E-state index in [1.165, 1.54) is 0 Å². The highest BCUT2D eigenvalue weighted by atomic mass is 35.5. The largest absolute Gasteiger partial charge is 0.505 e. The summed E-state index contributed by atoms with van der Waals surface area (Å²) in [5.41, 5.74) is 4.29. The number of rotatable bonds is 7. The minimum atomic E-state index is -0.152. The number of halogens is 2.